The van der Waals surface area contributed by atoms with Gasteiger partial charge in [0.05, 0.1) is 25.7 Å². The lowest BCUT2D eigenvalue weighted by Gasteiger charge is -2.36. The van der Waals surface area contributed by atoms with Crippen molar-refractivity contribution in [1.82, 2.24) is 0 Å². The largest absolute Gasteiger partial charge is 0.497 e. The molecular weight excluding hydrogens is 448 g/mol. The lowest BCUT2D eigenvalue weighted by Crippen LogP contribution is -2.48. The Balaban J connectivity index is 2.14. The number of hydrogen-bond acceptors (Lipinski definition) is 5. The highest BCUT2D eigenvalue weighted by Gasteiger charge is 2.37. The van der Waals surface area contributed by atoms with Crippen LogP contribution in [0, 0.1) is 0 Å². The summed E-state index contributed by atoms with van der Waals surface area (Å²) in [5.41, 5.74) is 1.02. The van der Waals surface area contributed by atoms with Crippen molar-refractivity contribution in [3.8, 4) is 11.5 Å². The molecule has 30 heavy (non-hydrogen) atoms. The Morgan fingerprint density at radius 3 is 2.27 bits per heavy atom. The monoisotopic (exact) mass is 478 g/mol. The standard InChI is InChI=1S/C24H31BrO5/c1-5-28-23(15-25)30-24(19(2)3,17-27-16-20-9-7-6-8-10-20)18-29-22-13-11-21(26-4)12-14-22/h6-14,23H,2,5,15-18H2,1,3-4H3. The Morgan fingerprint density at radius 1 is 1.03 bits per heavy atom. The SMILES string of the molecule is C=C(C)C(COCc1ccccc1)(COc1ccc(OC)cc1)OC(CBr)OCC. The second kappa shape index (κ2) is 12.7. The molecule has 6 heteroatoms. The van der Waals surface area contributed by atoms with E-state index in [-0.39, 0.29) is 13.2 Å². The van der Waals surface area contributed by atoms with Crippen molar-refractivity contribution in [1.29, 1.82) is 0 Å². The molecule has 0 bridgehead atoms. The van der Waals surface area contributed by atoms with Gasteiger partial charge in [0.25, 0.3) is 0 Å². The Bertz CT molecular complexity index is 750. The van der Waals surface area contributed by atoms with Crippen molar-refractivity contribution in [3.05, 3.63) is 72.3 Å². The van der Waals surface area contributed by atoms with Gasteiger partial charge in [-0.3, -0.25) is 0 Å². The molecule has 0 amide bonds. The molecule has 0 heterocycles. The van der Waals surface area contributed by atoms with Crippen LogP contribution in [0.2, 0.25) is 0 Å². The smallest absolute Gasteiger partial charge is 0.168 e. The fraction of sp³-hybridized carbons (Fsp3) is 0.417. The third-order valence-electron chi connectivity index (χ3n) is 4.59. The molecule has 0 spiro atoms. The zero-order valence-corrected chi connectivity index (χ0v) is 19.5. The summed E-state index contributed by atoms with van der Waals surface area (Å²) in [6.07, 6.45) is -0.452. The first-order valence-electron chi connectivity index (χ1n) is 9.93. The molecule has 0 fully saturated rings. The maximum Gasteiger partial charge on any atom is 0.168 e. The number of ether oxygens (including phenoxy) is 5. The minimum atomic E-state index is -0.873. The molecule has 0 saturated carbocycles. The molecule has 5 nitrogen and oxygen atoms in total. The van der Waals surface area contributed by atoms with Gasteiger partial charge in [-0.2, -0.15) is 0 Å². The summed E-state index contributed by atoms with van der Waals surface area (Å²) in [6, 6.07) is 17.4. The van der Waals surface area contributed by atoms with Crippen molar-refractivity contribution >= 4 is 15.9 Å². The van der Waals surface area contributed by atoms with Crippen molar-refractivity contribution in [2.75, 3.05) is 32.3 Å². The maximum absolute atomic E-state index is 6.35. The average molecular weight is 479 g/mol. The van der Waals surface area contributed by atoms with E-state index in [1.54, 1.807) is 7.11 Å². The maximum atomic E-state index is 6.35. The summed E-state index contributed by atoms with van der Waals surface area (Å²) in [7, 11) is 1.63. The Kier molecular flexibility index (Phi) is 10.4. The highest BCUT2D eigenvalue weighted by Crippen LogP contribution is 2.27. The fourth-order valence-corrected chi connectivity index (χ4v) is 3.10. The Morgan fingerprint density at radius 2 is 1.70 bits per heavy atom. The minimum Gasteiger partial charge on any atom is -0.497 e. The van der Waals surface area contributed by atoms with Gasteiger partial charge in [-0.1, -0.05) is 52.8 Å². The van der Waals surface area contributed by atoms with E-state index in [0.717, 1.165) is 16.9 Å². The van der Waals surface area contributed by atoms with E-state index in [4.69, 9.17) is 23.7 Å². The molecule has 2 aromatic rings. The van der Waals surface area contributed by atoms with Gasteiger partial charge in [0.15, 0.2) is 6.29 Å². The van der Waals surface area contributed by atoms with Gasteiger partial charge in [-0.15, -0.1) is 0 Å². The number of hydrogen-bond donors (Lipinski definition) is 0. The van der Waals surface area contributed by atoms with Crippen molar-refractivity contribution in [2.24, 2.45) is 0 Å². The van der Waals surface area contributed by atoms with E-state index in [0.29, 0.717) is 24.3 Å². The van der Waals surface area contributed by atoms with Crippen LogP contribution in [0.5, 0.6) is 11.5 Å². The van der Waals surface area contributed by atoms with Crippen LogP contribution in [-0.4, -0.2) is 44.2 Å². The summed E-state index contributed by atoms with van der Waals surface area (Å²) in [5, 5.41) is 0.525. The quantitative estimate of drug-likeness (QED) is 0.207. The predicted octanol–water partition coefficient (Wildman–Crippen LogP) is 5.38. The van der Waals surface area contributed by atoms with E-state index < -0.39 is 11.9 Å². The molecule has 2 unspecified atom stereocenters. The van der Waals surface area contributed by atoms with Gasteiger partial charge in [0.1, 0.15) is 23.7 Å². The summed E-state index contributed by atoms with van der Waals surface area (Å²) in [5.74, 6) is 1.48. The zero-order chi connectivity index (χ0) is 21.8. The van der Waals surface area contributed by atoms with E-state index in [9.17, 15) is 0 Å². The molecule has 0 radical (unpaired) electrons. The average Bonchev–Trinajstić information content (AvgIpc) is 2.77. The van der Waals surface area contributed by atoms with Gasteiger partial charge >= 0.3 is 0 Å². The van der Waals surface area contributed by atoms with Crippen LogP contribution in [0.3, 0.4) is 0 Å². The third-order valence-corrected chi connectivity index (χ3v) is 5.12. The zero-order valence-electron chi connectivity index (χ0n) is 17.9. The molecule has 0 aliphatic heterocycles. The van der Waals surface area contributed by atoms with Gasteiger partial charge in [0.2, 0.25) is 0 Å². The van der Waals surface area contributed by atoms with E-state index >= 15 is 0 Å². The molecule has 0 aliphatic rings. The molecule has 164 valence electrons. The third kappa shape index (κ3) is 7.43. The van der Waals surface area contributed by atoms with Crippen LogP contribution in [0.1, 0.15) is 19.4 Å². The molecule has 0 aromatic heterocycles. The van der Waals surface area contributed by atoms with E-state index in [1.807, 2.05) is 68.4 Å². The van der Waals surface area contributed by atoms with Crippen molar-refractivity contribution in [3.63, 3.8) is 0 Å². The van der Waals surface area contributed by atoms with E-state index in [2.05, 4.69) is 22.5 Å². The molecule has 2 rings (SSSR count). The molecule has 2 aromatic carbocycles. The van der Waals surface area contributed by atoms with Gasteiger partial charge < -0.3 is 23.7 Å². The highest BCUT2D eigenvalue weighted by atomic mass is 79.9. The first-order chi connectivity index (χ1) is 14.5. The van der Waals surface area contributed by atoms with Gasteiger partial charge in [0, 0.05) is 6.61 Å². The second-order valence-electron chi connectivity index (χ2n) is 6.87. The first kappa shape index (κ1) is 24.4. The van der Waals surface area contributed by atoms with E-state index in [1.165, 1.54) is 0 Å². The van der Waals surface area contributed by atoms with Crippen molar-refractivity contribution in [2.45, 2.75) is 32.3 Å². The lowest BCUT2D eigenvalue weighted by atomic mass is 9.97. The van der Waals surface area contributed by atoms with Crippen LogP contribution in [0.4, 0.5) is 0 Å². The Hall–Kier alpha value is -1.86. The number of alkyl halides is 1. The highest BCUT2D eigenvalue weighted by molar-refractivity contribution is 9.09. The molecule has 2 atom stereocenters. The van der Waals surface area contributed by atoms with Gasteiger partial charge in [-0.05, 0) is 49.2 Å². The number of halogens is 1. The molecule has 0 aliphatic carbocycles. The first-order valence-corrected chi connectivity index (χ1v) is 11.0. The van der Waals surface area contributed by atoms with Crippen LogP contribution >= 0.6 is 15.9 Å². The summed E-state index contributed by atoms with van der Waals surface area (Å²) in [6.45, 7) is 9.53. The summed E-state index contributed by atoms with van der Waals surface area (Å²) in [4.78, 5) is 0. The summed E-state index contributed by atoms with van der Waals surface area (Å²) >= 11 is 3.46. The number of benzene rings is 2. The Labute approximate surface area is 188 Å². The molecule has 0 N–H and O–H groups in total. The number of rotatable bonds is 14. The topological polar surface area (TPSA) is 46.2 Å². The number of methoxy groups -OCH3 is 1. The lowest BCUT2D eigenvalue weighted by molar-refractivity contribution is -0.209. The van der Waals surface area contributed by atoms with Crippen molar-refractivity contribution < 1.29 is 23.7 Å². The molecular formula is C24H31BrO5. The van der Waals surface area contributed by atoms with Crippen LogP contribution in [-0.2, 0) is 20.8 Å². The predicted molar refractivity (Wildman–Crippen MR) is 122 cm³/mol. The van der Waals surface area contributed by atoms with Crippen LogP contribution in [0.25, 0.3) is 0 Å². The second-order valence-corrected chi connectivity index (χ2v) is 7.52. The minimum absolute atomic E-state index is 0.236. The summed E-state index contributed by atoms with van der Waals surface area (Å²) < 4.78 is 29.4. The van der Waals surface area contributed by atoms with Gasteiger partial charge in [-0.25, -0.2) is 0 Å². The van der Waals surface area contributed by atoms with Crippen LogP contribution in [0.15, 0.2) is 66.7 Å². The fourth-order valence-electron chi connectivity index (χ4n) is 2.78. The molecule has 0 saturated heterocycles. The normalized spacial score (nSPS) is 14.0. The van der Waals surface area contributed by atoms with Crippen LogP contribution < -0.4 is 9.47 Å².